The van der Waals surface area contributed by atoms with Crippen molar-refractivity contribution in [2.24, 2.45) is 0 Å². The Bertz CT molecular complexity index is 301. The lowest BCUT2D eigenvalue weighted by molar-refractivity contribution is -0.189. The van der Waals surface area contributed by atoms with Gasteiger partial charge >= 0.3 is 0 Å². The first-order chi connectivity index (χ1) is 6.49. The Balaban J connectivity index is 2.95. The first-order valence-electron chi connectivity index (χ1n) is 4.27. The average molecular weight is 195 g/mol. The Morgan fingerprint density at radius 1 is 1.43 bits per heavy atom. The van der Waals surface area contributed by atoms with Gasteiger partial charge in [0.15, 0.2) is 5.78 Å². The molecule has 4 nitrogen and oxygen atoms in total. The Hall–Kier alpha value is -1.42. The lowest BCUT2D eigenvalue weighted by Gasteiger charge is -2.34. The molecule has 0 saturated carbocycles. The van der Waals surface area contributed by atoms with E-state index in [2.05, 4.69) is 0 Å². The topological polar surface area (TPSA) is 46.6 Å². The highest BCUT2D eigenvalue weighted by Crippen LogP contribution is 2.21. The second-order valence-electron chi connectivity index (χ2n) is 3.29. The van der Waals surface area contributed by atoms with Crippen LogP contribution in [0.2, 0.25) is 0 Å². The molecule has 4 heteroatoms. The van der Waals surface area contributed by atoms with Gasteiger partial charge in [0.05, 0.1) is 7.11 Å². The van der Waals surface area contributed by atoms with Gasteiger partial charge in [-0.3, -0.25) is 14.4 Å². The smallest absolute Gasteiger partial charge is 0.244 e. The van der Waals surface area contributed by atoms with Crippen LogP contribution in [0.15, 0.2) is 24.3 Å². The number of hydroxylamine groups is 2. The van der Waals surface area contributed by atoms with E-state index in [9.17, 15) is 9.59 Å². The molecule has 0 aromatic carbocycles. The maximum Gasteiger partial charge on any atom is 0.244 e. The van der Waals surface area contributed by atoms with E-state index in [1.807, 2.05) is 0 Å². The van der Waals surface area contributed by atoms with Crippen LogP contribution >= 0.6 is 0 Å². The van der Waals surface area contributed by atoms with Crippen LogP contribution in [-0.2, 0) is 14.4 Å². The molecule has 0 saturated heterocycles. The number of rotatable bonds is 2. The van der Waals surface area contributed by atoms with Crippen molar-refractivity contribution >= 4 is 11.7 Å². The van der Waals surface area contributed by atoms with Gasteiger partial charge < -0.3 is 0 Å². The lowest BCUT2D eigenvalue weighted by atomic mass is 9.95. The minimum absolute atomic E-state index is 0.0814. The van der Waals surface area contributed by atoms with E-state index in [0.717, 1.165) is 0 Å². The molecule has 0 heterocycles. The molecule has 1 aliphatic rings. The van der Waals surface area contributed by atoms with Gasteiger partial charge in [-0.2, -0.15) is 0 Å². The van der Waals surface area contributed by atoms with E-state index in [0.29, 0.717) is 0 Å². The number of carbonyl (C=O) groups excluding carboxylic acids is 2. The summed E-state index contributed by atoms with van der Waals surface area (Å²) in [6, 6.07) is 0. The molecule has 0 aromatic heterocycles. The third-order valence-electron chi connectivity index (χ3n) is 2.08. The molecule has 0 fully saturated rings. The minimum atomic E-state index is -0.672. The number of nitrogens with zero attached hydrogens (tertiary/aromatic N) is 1. The molecule has 0 spiro atoms. The van der Waals surface area contributed by atoms with Gasteiger partial charge in [0.25, 0.3) is 0 Å². The van der Waals surface area contributed by atoms with Crippen molar-refractivity contribution in [1.82, 2.24) is 5.06 Å². The quantitative estimate of drug-likeness (QED) is 0.614. The van der Waals surface area contributed by atoms with Crippen LogP contribution in [0.1, 0.15) is 13.8 Å². The summed E-state index contributed by atoms with van der Waals surface area (Å²) >= 11 is 0. The molecule has 0 N–H and O–H groups in total. The molecule has 0 aromatic rings. The zero-order valence-electron chi connectivity index (χ0n) is 8.48. The minimum Gasteiger partial charge on any atom is -0.290 e. The van der Waals surface area contributed by atoms with Crippen molar-refractivity contribution in [3.8, 4) is 0 Å². The van der Waals surface area contributed by atoms with E-state index < -0.39 is 5.54 Å². The van der Waals surface area contributed by atoms with Gasteiger partial charge in [-0.15, -0.1) is 0 Å². The Kier molecular flexibility index (Phi) is 2.86. The van der Waals surface area contributed by atoms with Crippen molar-refractivity contribution in [2.75, 3.05) is 7.11 Å². The molecule has 0 aliphatic heterocycles. The molecule has 0 unspecified atom stereocenters. The third-order valence-corrected chi connectivity index (χ3v) is 2.08. The van der Waals surface area contributed by atoms with E-state index >= 15 is 0 Å². The molecule has 76 valence electrons. The predicted molar refractivity (Wildman–Crippen MR) is 51.2 cm³/mol. The fraction of sp³-hybridized carbons (Fsp3) is 0.400. The molecule has 0 atom stereocenters. The molecule has 0 radical (unpaired) electrons. The Morgan fingerprint density at radius 3 is 2.29 bits per heavy atom. The maximum atomic E-state index is 11.2. The monoisotopic (exact) mass is 195 g/mol. The van der Waals surface area contributed by atoms with Gasteiger partial charge in [0, 0.05) is 6.92 Å². The number of hydrogen-bond acceptors (Lipinski definition) is 3. The van der Waals surface area contributed by atoms with Gasteiger partial charge in [-0.25, -0.2) is 5.06 Å². The molecule has 1 aliphatic carbocycles. The lowest BCUT2D eigenvalue weighted by Crippen LogP contribution is -2.46. The fourth-order valence-corrected chi connectivity index (χ4v) is 1.41. The van der Waals surface area contributed by atoms with Crippen molar-refractivity contribution in [2.45, 2.75) is 19.4 Å². The fourth-order valence-electron chi connectivity index (χ4n) is 1.41. The molecule has 0 bridgehead atoms. The van der Waals surface area contributed by atoms with Crippen LogP contribution < -0.4 is 0 Å². The zero-order chi connectivity index (χ0) is 10.8. The van der Waals surface area contributed by atoms with Crippen LogP contribution in [0.4, 0.5) is 0 Å². The number of amides is 1. The van der Waals surface area contributed by atoms with Crippen molar-refractivity contribution < 1.29 is 14.4 Å². The molecule has 14 heavy (non-hydrogen) atoms. The van der Waals surface area contributed by atoms with Crippen molar-refractivity contribution in [1.29, 1.82) is 0 Å². The molecular formula is C10H13NO3. The van der Waals surface area contributed by atoms with Crippen LogP contribution in [-0.4, -0.2) is 29.4 Å². The first kappa shape index (κ1) is 10.7. The number of carbonyl (C=O) groups is 2. The zero-order valence-corrected chi connectivity index (χ0v) is 8.48. The summed E-state index contributed by atoms with van der Waals surface area (Å²) < 4.78 is 0. The third kappa shape index (κ3) is 1.90. The van der Waals surface area contributed by atoms with E-state index in [1.54, 1.807) is 19.1 Å². The summed E-state index contributed by atoms with van der Waals surface area (Å²) in [5.74, 6) is -0.291. The van der Waals surface area contributed by atoms with E-state index in [4.69, 9.17) is 4.84 Å². The number of ketones is 1. The maximum absolute atomic E-state index is 11.2. The van der Waals surface area contributed by atoms with Gasteiger partial charge in [-0.05, 0) is 31.2 Å². The number of hydrogen-bond donors (Lipinski definition) is 0. The average Bonchev–Trinajstić information content (AvgIpc) is 2.11. The normalized spacial score (nSPS) is 18.4. The largest absolute Gasteiger partial charge is 0.290 e. The Labute approximate surface area is 82.8 Å². The SMILES string of the molecule is CON(C(C)=O)C1(C)C=CC(=O)C=C1. The summed E-state index contributed by atoms with van der Waals surface area (Å²) in [5, 5.41) is 1.21. The highest BCUT2D eigenvalue weighted by atomic mass is 16.7. The predicted octanol–water partition coefficient (Wildman–Crippen LogP) is 0.850. The van der Waals surface area contributed by atoms with Crippen LogP contribution in [0.5, 0.6) is 0 Å². The summed E-state index contributed by atoms with van der Waals surface area (Å²) in [5.41, 5.74) is -0.672. The van der Waals surface area contributed by atoms with Crippen LogP contribution in [0, 0.1) is 0 Å². The highest BCUT2D eigenvalue weighted by molar-refractivity contribution is 6.00. The van der Waals surface area contributed by atoms with Crippen molar-refractivity contribution in [3.05, 3.63) is 24.3 Å². The van der Waals surface area contributed by atoms with Crippen LogP contribution in [0.25, 0.3) is 0 Å². The van der Waals surface area contributed by atoms with Gasteiger partial charge in [-0.1, -0.05) is 0 Å². The first-order valence-corrected chi connectivity index (χ1v) is 4.27. The molecular weight excluding hydrogens is 182 g/mol. The standard InChI is InChI=1S/C10H13NO3/c1-8(12)11(14-3)10(2)6-4-9(13)5-7-10/h4-7H,1-3H3. The summed E-state index contributed by atoms with van der Waals surface area (Å²) in [6.07, 6.45) is 6.13. The van der Waals surface area contributed by atoms with Gasteiger partial charge in [0.2, 0.25) is 5.91 Å². The molecule has 1 amide bonds. The summed E-state index contributed by atoms with van der Waals surface area (Å²) in [4.78, 5) is 27.1. The Morgan fingerprint density at radius 2 is 1.93 bits per heavy atom. The second-order valence-corrected chi connectivity index (χ2v) is 3.29. The van der Waals surface area contributed by atoms with Crippen LogP contribution in [0.3, 0.4) is 0 Å². The number of allylic oxidation sites excluding steroid dienone is 2. The van der Waals surface area contributed by atoms with E-state index in [1.165, 1.54) is 31.2 Å². The highest BCUT2D eigenvalue weighted by Gasteiger charge is 2.31. The summed E-state index contributed by atoms with van der Waals surface area (Å²) in [7, 11) is 1.42. The van der Waals surface area contributed by atoms with Gasteiger partial charge in [0.1, 0.15) is 5.54 Å². The van der Waals surface area contributed by atoms with E-state index in [-0.39, 0.29) is 11.7 Å². The summed E-state index contributed by atoms with van der Waals surface area (Å²) in [6.45, 7) is 3.20. The van der Waals surface area contributed by atoms with Crippen molar-refractivity contribution in [3.63, 3.8) is 0 Å². The second kappa shape index (κ2) is 3.75. The molecule has 1 rings (SSSR count).